The van der Waals surface area contributed by atoms with Crippen molar-refractivity contribution in [2.75, 3.05) is 25.6 Å². The van der Waals surface area contributed by atoms with Crippen LogP contribution in [0.5, 0.6) is 17.2 Å². The van der Waals surface area contributed by atoms with E-state index in [1.54, 1.807) is 23.8 Å². The Balaban J connectivity index is 1.29. The molecule has 6 nitrogen and oxygen atoms in total. The monoisotopic (exact) mass is 565 g/mol. The first kappa shape index (κ1) is 26.1. The van der Waals surface area contributed by atoms with Crippen molar-refractivity contribution < 1.29 is 14.3 Å². The van der Waals surface area contributed by atoms with Gasteiger partial charge in [0.2, 0.25) is 0 Å². The SMILES string of the molecule is COc1ccc2c(c1)N(C)/C(=C1/SC(=Nc3ccc(Oc4ccccc4)cc3)N(CCc3ccccc3)C1=O)S2. The lowest BCUT2D eigenvalue weighted by molar-refractivity contribution is -0.122. The minimum atomic E-state index is -0.0298. The molecule has 0 radical (unpaired) electrons. The van der Waals surface area contributed by atoms with Gasteiger partial charge in [-0.25, -0.2) is 4.99 Å². The minimum absolute atomic E-state index is 0.0298. The highest BCUT2D eigenvalue weighted by Crippen LogP contribution is 2.51. The summed E-state index contributed by atoms with van der Waals surface area (Å²) in [4.78, 5) is 24.4. The number of carbonyl (C=O) groups is 1. The van der Waals surface area contributed by atoms with Gasteiger partial charge in [0, 0.05) is 24.6 Å². The number of para-hydroxylation sites is 1. The molecule has 0 spiro atoms. The topological polar surface area (TPSA) is 54.4 Å². The molecule has 4 aromatic rings. The minimum Gasteiger partial charge on any atom is -0.497 e. The van der Waals surface area contributed by atoms with Crippen LogP contribution in [0, 0.1) is 0 Å². The maximum absolute atomic E-state index is 13.9. The lowest BCUT2D eigenvalue weighted by atomic mass is 10.1. The third-order valence-corrected chi connectivity index (χ3v) is 9.04. The number of nitrogens with zero attached hydrogens (tertiary/aromatic N) is 3. The third-order valence-electron chi connectivity index (χ3n) is 6.60. The summed E-state index contributed by atoms with van der Waals surface area (Å²) in [5.41, 5.74) is 2.96. The second-order valence-corrected chi connectivity index (χ2v) is 11.2. The van der Waals surface area contributed by atoms with Crippen LogP contribution in [0.25, 0.3) is 0 Å². The van der Waals surface area contributed by atoms with Crippen LogP contribution in [-0.4, -0.2) is 36.7 Å². The number of anilines is 1. The Morgan fingerprint density at radius 2 is 1.48 bits per heavy atom. The summed E-state index contributed by atoms with van der Waals surface area (Å²) in [5.74, 6) is 2.26. The first-order chi connectivity index (χ1) is 19.6. The number of amides is 1. The molecule has 1 amide bonds. The van der Waals surface area contributed by atoms with E-state index >= 15 is 0 Å². The number of fused-ring (bicyclic) bond motifs is 1. The molecule has 2 aliphatic rings. The van der Waals surface area contributed by atoms with Gasteiger partial charge in [0.05, 0.1) is 23.5 Å². The summed E-state index contributed by atoms with van der Waals surface area (Å²) >= 11 is 3.03. The van der Waals surface area contributed by atoms with Crippen molar-refractivity contribution in [2.24, 2.45) is 4.99 Å². The molecule has 1 fully saturated rings. The number of hydrogen-bond donors (Lipinski definition) is 0. The van der Waals surface area contributed by atoms with E-state index in [0.29, 0.717) is 16.6 Å². The fourth-order valence-corrected chi connectivity index (χ4v) is 6.83. The van der Waals surface area contributed by atoms with E-state index in [-0.39, 0.29) is 5.91 Å². The summed E-state index contributed by atoms with van der Waals surface area (Å²) in [6.07, 6.45) is 0.735. The molecule has 6 rings (SSSR count). The van der Waals surface area contributed by atoms with Crippen molar-refractivity contribution in [3.05, 3.63) is 119 Å². The normalized spacial score (nSPS) is 17.4. The molecule has 0 unspecified atom stereocenters. The quantitative estimate of drug-likeness (QED) is 0.214. The first-order valence-electron chi connectivity index (χ1n) is 12.9. The molecule has 40 heavy (non-hydrogen) atoms. The van der Waals surface area contributed by atoms with Crippen LogP contribution in [-0.2, 0) is 11.2 Å². The number of hydrogen-bond acceptors (Lipinski definition) is 7. The lowest BCUT2D eigenvalue weighted by Gasteiger charge is -2.17. The molecule has 0 bridgehead atoms. The third kappa shape index (κ3) is 5.46. The van der Waals surface area contributed by atoms with Gasteiger partial charge < -0.3 is 14.4 Å². The molecule has 4 aromatic carbocycles. The van der Waals surface area contributed by atoms with Crippen molar-refractivity contribution in [3.8, 4) is 17.2 Å². The Kier molecular flexibility index (Phi) is 7.53. The Labute approximate surface area is 242 Å². The highest BCUT2D eigenvalue weighted by molar-refractivity contribution is 8.19. The van der Waals surface area contributed by atoms with E-state index in [2.05, 4.69) is 17.0 Å². The zero-order valence-electron chi connectivity index (χ0n) is 22.1. The van der Waals surface area contributed by atoms with E-state index in [4.69, 9.17) is 14.5 Å². The molecule has 2 aliphatic heterocycles. The molecule has 0 aromatic heterocycles. The average Bonchev–Trinajstić information content (AvgIpc) is 3.48. The van der Waals surface area contributed by atoms with Crippen LogP contribution in [0.15, 0.2) is 123 Å². The van der Waals surface area contributed by atoms with Crippen LogP contribution < -0.4 is 14.4 Å². The van der Waals surface area contributed by atoms with Gasteiger partial charge in [0.1, 0.15) is 22.2 Å². The Morgan fingerprint density at radius 3 is 2.20 bits per heavy atom. The number of aliphatic imine (C=N–C) groups is 1. The van der Waals surface area contributed by atoms with Crippen molar-refractivity contribution >= 4 is 46.0 Å². The van der Waals surface area contributed by atoms with Crippen molar-refractivity contribution in [3.63, 3.8) is 0 Å². The highest BCUT2D eigenvalue weighted by Gasteiger charge is 2.39. The average molecular weight is 566 g/mol. The smallest absolute Gasteiger partial charge is 0.269 e. The summed E-state index contributed by atoms with van der Waals surface area (Å²) in [6, 6.07) is 33.5. The molecular weight excluding hydrogens is 539 g/mol. The number of benzene rings is 4. The van der Waals surface area contributed by atoms with Gasteiger partial charge >= 0.3 is 0 Å². The predicted octanol–water partition coefficient (Wildman–Crippen LogP) is 7.70. The van der Waals surface area contributed by atoms with Gasteiger partial charge in [-0.2, -0.15) is 0 Å². The fraction of sp³-hybridized carbons (Fsp3) is 0.125. The number of amidine groups is 1. The fourth-order valence-electron chi connectivity index (χ4n) is 4.48. The van der Waals surface area contributed by atoms with Crippen LogP contribution in [0.4, 0.5) is 11.4 Å². The van der Waals surface area contributed by atoms with Crippen LogP contribution in [0.3, 0.4) is 0 Å². The van der Waals surface area contributed by atoms with Gasteiger partial charge in [-0.1, -0.05) is 60.3 Å². The van der Waals surface area contributed by atoms with Crippen LogP contribution in [0.2, 0.25) is 0 Å². The van der Waals surface area contributed by atoms with Crippen LogP contribution >= 0.6 is 23.5 Å². The molecular formula is C32H27N3O3S2. The van der Waals surface area contributed by atoms with E-state index in [1.807, 2.05) is 98.0 Å². The van der Waals surface area contributed by atoms with Crippen LogP contribution in [0.1, 0.15) is 5.56 Å². The molecule has 2 heterocycles. The lowest BCUT2D eigenvalue weighted by Crippen LogP contribution is -2.31. The van der Waals surface area contributed by atoms with Gasteiger partial charge in [-0.15, -0.1) is 0 Å². The maximum atomic E-state index is 13.9. The first-order valence-corrected chi connectivity index (χ1v) is 14.5. The van der Waals surface area contributed by atoms with Crippen molar-refractivity contribution in [1.82, 2.24) is 4.90 Å². The van der Waals surface area contributed by atoms with E-state index in [9.17, 15) is 4.79 Å². The predicted molar refractivity (Wildman–Crippen MR) is 164 cm³/mol. The number of carbonyl (C=O) groups excluding carboxylic acids is 1. The van der Waals surface area contributed by atoms with Gasteiger partial charge in [-0.05, 0) is 72.3 Å². The summed E-state index contributed by atoms with van der Waals surface area (Å²) in [7, 11) is 3.65. The summed E-state index contributed by atoms with van der Waals surface area (Å²) in [5, 5.41) is 1.57. The second kappa shape index (κ2) is 11.5. The summed E-state index contributed by atoms with van der Waals surface area (Å²) < 4.78 is 11.4. The number of rotatable bonds is 7. The molecule has 200 valence electrons. The highest BCUT2D eigenvalue weighted by atomic mass is 32.2. The Bertz CT molecular complexity index is 1590. The molecule has 8 heteroatoms. The largest absolute Gasteiger partial charge is 0.497 e. The van der Waals surface area contributed by atoms with E-state index in [0.717, 1.165) is 45.0 Å². The Morgan fingerprint density at radius 1 is 0.800 bits per heavy atom. The van der Waals surface area contributed by atoms with Gasteiger partial charge in [0.15, 0.2) is 5.17 Å². The van der Waals surface area contributed by atoms with Gasteiger partial charge in [-0.3, -0.25) is 9.69 Å². The molecule has 0 atom stereocenters. The van der Waals surface area contributed by atoms with Crippen molar-refractivity contribution in [1.29, 1.82) is 0 Å². The number of thioether (sulfide) groups is 2. The molecule has 0 aliphatic carbocycles. The van der Waals surface area contributed by atoms with Gasteiger partial charge in [0.25, 0.3) is 5.91 Å². The van der Waals surface area contributed by atoms with E-state index < -0.39 is 0 Å². The molecule has 1 saturated heterocycles. The van der Waals surface area contributed by atoms with E-state index in [1.165, 1.54) is 17.3 Å². The number of methoxy groups -OCH3 is 1. The molecule has 0 saturated carbocycles. The summed E-state index contributed by atoms with van der Waals surface area (Å²) in [6.45, 7) is 0.538. The zero-order chi connectivity index (χ0) is 27.5. The second-order valence-electron chi connectivity index (χ2n) is 9.23. The number of ether oxygens (including phenoxy) is 2. The standard InChI is InChI=1S/C32H27N3O3S2/c1-34-27-21-26(37-2)17-18-28(27)39-31(34)29-30(36)35(20-19-22-9-5-3-6-10-22)32(40-29)33-23-13-15-25(16-14-23)38-24-11-7-4-8-12-24/h3-18,21H,19-20H2,1-2H3/b31-29-,33-32?. The molecule has 0 N–H and O–H groups in total. The maximum Gasteiger partial charge on any atom is 0.269 e. The van der Waals surface area contributed by atoms with Crippen molar-refractivity contribution in [2.45, 2.75) is 11.3 Å². The zero-order valence-corrected chi connectivity index (χ0v) is 23.7. The Hall–Kier alpha value is -4.14.